The second kappa shape index (κ2) is 3.54. The van der Waals surface area contributed by atoms with E-state index in [1.54, 1.807) is 0 Å². The highest BCUT2D eigenvalue weighted by atomic mass is 32.3. The van der Waals surface area contributed by atoms with Crippen molar-refractivity contribution in [3.8, 4) is 0 Å². The Morgan fingerprint density at radius 1 is 1.64 bits per heavy atom. The first-order chi connectivity index (χ1) is 6.28. The predicted octanol–water partition coefficient (Wildman–Crippen LogP) is 0.483. The molecule has 0 spiro atoms. The Labute approximate surface area is 84.9 Å². The minimum atomic E-state index is -4.79. The molecule has 1 rings (SSSR count). The van der Waals surface area contributed by atoms with Gasteiger partial charge in [-0.1, -0.05) is 24.8 Å². The van der Waals surface area contributed by atoms with E-state index in [4.69, 9.17) is 9.66 Å². The first kappa shape index (κ1) is 11.5. The Balaban J connectivity index is 3.02. The fourth-order valence-corrected chi connectivity index (χ4v) is 2.89. The van der Waals surface area contributed by atoms with Crippen LogP contribution in [0.1, 0.15) is 6.92 Å². The Hall–Kier alpha value is -0.570. The van der Waals surface area contributed by atoms with Crippen molar-refractivity contribution in [2.45, 2.75) is 11.9 Å². The molecule has 0 radical (unpaired) electrons. The molecule has 1 aliphatic heterocycles. The van der Waals surface area contributed by atoms with Crippen LogP contribution in [0, 0.1) is 5.92 Å². The van der Waals surface area contributed by atoms with Crippen molar-refractivity contribution in [2.24, 2.45) is 5.92 Å². The lowest BCUT2D eigenvalue weighted by molar-refractivity contribution is -0.149. The van der Waals surface area contributed by atoms with E-state index in [2.05, 4.69) is 4.18 Å². The maximum Gasteiger partial charge on any atom is 0.399 e. The van der Waals surface area contributed by atoms with E-state index in [1.165, 1.54) is 18.4 Å². The fraction of sp³-hybridized carbons (Fsp3) is 0.500. The number of thioether (sulfide) groups is 1. The van der Waals surface area contributed by atoms with E-state index >= 15 is 0 Å². The van der Waals surface area contributed by atoms with Crippen LogP contribution in [0.3, 0.4) is 0 Å². The first-order valence-corrected chi connectivity index (χ1v) is 5.78. The third-order valence-corrected chi connectivity index (χ3v) is 3.59. The number of aliphatic carboxylic acids is 1. The lowest BCUT2D eigenvalue weighted by Gasteiger charge is -2.25. The van der Waals surface area contributed by atoms with Crippen LogP contribution in [0.2, 0.25) is 0 Å². The van der Waals surface area contributed by atoms with Gasteiger partial charge in [0.15, 0.2) is 0 Å². The Morgan fingerprint density at radius 3 is 2.50 bits per heavy atom. The lowest BCUT2D eigenvalue weighted by Crippen LogP contribution is -2.43. The number of carboxylic acids is 1. The second-order valence-electron chi connectivity index (χ2n) is 2.72. The molecule has 2 unspecified atom stereocenters. The predicted molar refractivity (Wildman–Crippen MR) is 48.9 cm³/mol. The summed E-state index contributed by atoms with van der Waals surface area (Å²) in [5, 5.41) is 10.3. The Bertz CT molecular complexity index is 372. The molecule has 1 heterocycles. The minimum Gasteiger partial charge on any atom is -0.478 e. The third-order valence-electron chi connectivity index (χ3n) is 1.74. The van der Waals surface area contributed by atoms with E-state index in [9.17, 15) is 13.2 Å². The van der Waals surface area contributed by atoms with Crippen molar-refractivity contribution in [1.82, 2.24) is 0 Å². The fourth-order valence-electron chi connectivity index (χ4n) is 1.03. The van der Waals surface area contributed by atoms with Gasteiger partial charge >= 0.3 is 16.4 Å². The number of rotatable bonds is 3. The molecule has 0 saturated carbocycles. The molecule has 8 heteroatoms. The van der Waals surface area contributed by atoms with Gasteiger partial charge in [-0.25, -0.2) is 8.98 Å². The molecule has 0 aliphatic carbocycles. The van der Waals surface area contributed by atoms with Crippen LogP contribution in [0.25, 0.3) is 0 Å². The molecule has 0 fully saturated rings. The molecule has 14 heavy (non-hydrogen) atoms. The van der Waals surface area contributed by atoms with Gasteiger partial charge in [-0.3, -0.25) is 4.55 Å². The number of carboxylic acid groups (broad SMARTS) is 1. The summed E-state index contributed by atoms with van der Waals surface area (Å²) in [7, 11) is -4.79. The zero-order valence-corrected chi connectivity index (χ0v) is 8.71. The van der Waals surface area contributed by atoms with E-state index < -0.39 is 27.2 Å². The molecule has 0 aromatic rings. The lowest BCUT2D eigenvalue weighted by atomic mass is 10.1. The quantitative estimate of drug-likeness (QED) is 0.692. The minimum absolute atomic E-state index is 0.646. The molecule has 0 amide bonds. The highest BCUT2D eigenvalue weighted by molar-refractivity contribution is 8.04. The van der Waals surface area contributed by atoms with Crippen molar-refractivity contribution < 1.29 is 27.1 Å². The molecule has 0 saturated heterocycles. The van der Waals surface area contributed by atoms with Crippen LogP contribution in [0.15, 0.2) is 11.5 Å². The van der Waals surface area contributed by atoms with Crippen molar-refractivity contribution in [2.75, 3.05) is 0 Å². The van der Waals surface area contributed by atoms with Gasteiger partial charge < -0.3 is 5.11 Å². The summed E-state index contributed by atoms with van der Waals surface area (Å²) in [5.74, 6) is -2.09. The van der Waals surface area contributed by atoms with E-state index in [1.807, 2.05) is 0 Å². The number of hydrogen-bond acceptors (Lipinski definition) is 5. The van der Waals surface area contributed by atoms with Gasteiger partial charge in [-0.05, 0) is 5.41 Å². The van der Waals surface area contributed by atoms with Gasteiger partial charge in [0.2, 0.25) is 4.93 Å². The molecule has 0 aromatic heterocycles. The van der Waals surface area contributed by atoms with Crippen molar-refractivity contribution in [3.63, 3.8) is 0 Å². The zero-order chi connectivity index (χ0) is 11.0. The summed E-state index contributed by atoms with van der Waals surface area (Å²) >= 11 is 0.691. The smallest absolute Gasteiger partial charge is 0.399 e. The topological polar surface area (TPSA) is 101 Å². The molecule has 1 aliphatic rings. The van der Waals surface area contributed by atoms with Crippen molar-refractivity contribution in [3.05, 3.63) is 11.5 Å². The molecule has 6 nitrogen and oxygen atoms in total. The zero-order valence-electron chi connectivity index (χ0n) is 7.08. The summed E-state index contributed by atoms with van der Waals surface area (Å²) in [4.78, 5) is 8.87. The molecule has 0 aromatic carbocycles. The maximum atomic E-state index is 10.9. The van der Waals surface area contributed by atoms with Crippen LogP contribution in [0.4, 0.5) is 0 Å². The van der Waals surface area contributed by atoms with E-state index in [0.29, 0.717) is 11.8 Å². The number of hydrogen-bond donors (Lipinski definition) is 2. The highest BCUT2D eigenvalue weighted by Gasteiger charge is 2.50. The van der Waals surface area contributed by atoms with E-state index in [-0.39, 0.29) is 0 Å². The van der Waals surface area contributed by atoms with Crippen LogP contribution in [-0.4, -0.2) is 29.0 Å². The Kier molecular flexibility index (Phi) is 2.91. The summed E-state index contributed by atoms with van der Waals surface area (Å²) in [5.41, 5.74) is 0. The van der Waals surface area contributed by atoms with Gasteiger partial charge in [0, 0.05) is 5.92 Å². The summed E-state index contributed by atoms with van der Waals surface area (Å²) < 4.78 is 33.6. The number of carbonyl (C=O) groups is 1. The molecular weight excluding hydrogens is 232 g/mol. The van der Waals surface area contributed by atoms with Crippen LogP contribution >= 0.6 is 11.8 Å². The standard InChI is InChI=1S/C6H8O6S2/c1-4-2-3-13-6(4,5(7)8)12-14(9,10)11/h2-4H,1H3,(H,7,8)(H,9,10,11). The average molecular weight is 240 g/mol. The van der Waals surface area contributed by atoms with E-state index in [0.717, 1.165) is 0 Å². The summed E-state index contributed by atoms with van der Waals surface area (Å²) in [6.45, 7) is 1.48. The summed E-state index contributed by atoms with van der Waals surface area (Å²) in [6, 6.07) is 0. The third kappa shape index (κ3) is 2.08. The monoisotopic (exact) mass is 240 g/mol. The SMILES string of the molecule is CC1C=CSC1(OS(=O)(=O)O)C(=O)O. The van der Waals surface area contributed by atoms with Crippen molar-refractivity contribution >= 4 is 28.1 Å². The summed E-state index contributed by atoms with van der Waals surface area (Å²) in [6.07, 6.45) is 1.49. The van der Waals surface area contributed by atoms with Crippen LogP contribution in [0.5, 0.6) is 0 Å². The normalized spacial score (nSPS) is 32.0. The van der Waals surface area contributed by atoms with Crippen LogP contribution in [-0.2, 0) is 19.4 Å². The van der Waals surface area contributed by atoms with Gasteiger partial charge in [0.1, 0.15) is 0 Å². The Morgan fingerprint density at radius 2 is 2.21 bits per heavy atom. The van der Waals surface area contributed by atoms with Gasteiger partial charge in [0.25, 0.3) is 0 Å². The van der Waals surface area contributed by atoms with Gasteiger partial charge in [-0.15, -0.1) is 0 Å². The molecule has 2 atom stereocenters. The highest BCUT2D eigenvalue weighted by Crippen LogP contribution is 2.43. The first-order valence-electron chi connectivity index (χ1n) is 3.54. The van der Waals surface area contributed by atoms with Crippen LogP contribution < -0.4 is 0 Å². The second-order valence-corrected chi connectivity index (χ2v) is 4.86. The average Bonchev–Trinajstić information content (AvgIpc) is 2.30. The molecule has 2 N–H and O–H groups in total. The van der Waals surface area contributed by atoms with Gasteiger partial charge in [0.05, 0.1) is 0 Å². The molecule has 0 bridgehead atoms. The van der Waals surface area contributed by atoms with Crippen molar-refractivity contribution in [1.29, 1.82) is 0 Å². The largest absolute Gasteiger partial charge is 0.478 e. The molecular formula is C6H8O6S2. The maximum absolute atomic E-state index is 10.9. The van der Waals surface area contributed by atoms with Gasteiger partial charge in [-0.2, -0.15) is 8.42 Å². The molecule has 80 valence electrons.